The van der Waals surface area contributed by atoms with Crippen LogP contribution in [0.5, 0.6) is 0 Å². The normalized spacial score (nSPS) is 10.2. The lowest BCUT2D eigenvalue weighted by molar-refractivity contribution is 0.628. The molecule has 16 heavy (non-hydrogen) atoms. The Hall–Kier alpha value is -1.68. The Morgan fingerprint density at radius 3 is 2.38 bits per heavy atom. The molecule has 1 heterocycles. The lowest BCUT2D eigenvalue weighted by atomic mass is 10.3. The summed E-state index contributed by atoms with van der Waals surface area (Å²) in [5.74, 6) is 0.262. The predicted molar refractivity (Wildman–Crippen MR) is 61.5 cm³/mol. The van der Waals surface area contributed by atoms with Gasteiger partial charge in [-0.25, -0.2) is 14.4 Å². The van der Waals surface area contributed by atoms with Crippen LogP contribution in [0.15, 0.2) is 36.7 Å². The molecule has 0 fully saturated rings. The lowest BCUT2D eigenvalue weighted by Crippen LogP contribution is -2.12. The molecular weight excluding hydrogens is 229 g/mol. The minimum atomic E-state index is -0.276. The van der Waals surface area contributed by atoms with Crippen LogP contribution >= 0.6 is 11.6 Å². The van der Waals surface area contributed by atoms with E-state index >= 15 is 0 Å². The van der Waals surface area contributed by atoms with Crippen molar-refractivity contribution >= 4 is 23.1 Å². The van der Waals surface area contributed by atoms with Crippen molar-refractivity contribution in [2.24, 2.45) is 0 Å². The Morgan fingerprint density at radius 2 is 1.75 bits per heavy atom. The van der Waals surface area contributed by atoms with Gasteiger partial charge in [0.05, 0.1) is 0 Å². The largest absolute Gasteiger partial charge is 0.327 e. The van der Waals surface area contributed by atoms with Crippen molar-refractivity contribution in [3.05, 3.63) is 47.6 Å². The maximum Gasteiger partial charge on any atom is 0.172 e. The molecular formula is C11H9ClFN3. The minimum absolute atomic E-state index is 0.276. The van der Waals surface area contributed by atoms with E-state index in [0.717, 1.165) is 5.69 Å². The number of aromatic nitrogens is 2. The fraction of sp³-hybridized carbons (Fsp3) is 0.0909. The van der Waals surface area contributed by atoms with Crippen LogP contribution in [0.3, 0.4) is 0 Å². The molecule has 2 rings (SSSR count). The first-order chi connectivity index (χ1) is 7.68. The summed E-state index contributed by atoms with van der Waals surface area (Å²) in [6, 6.07) is 6.08. The summed E-state index contributed by atoms with van der Waals surface area (Å²) in [6.45, 7) is 0. The Kier molecular flexibility index (Phi) is 3.01. The summed E-state index contributed by atoms with van der Waals surface area (Å²) in [6.07, 6.45) is 3.07. The van der Waals surface area contributed by atoms with Gasteiger partial charge < -0.3 is 4.90 Å². The topological polar surface area (TPSA) is 29.0 Å². The van der Waals surface area contributed by atoms with Crippen molar-refractivity contribution in [3.8, 4) is 0 Å². The molecule has 0 aliphatic carbocycles. The fourth-order valence-corrected chi connectivity index (χ4v) is 1.56. The summed E-state index contributed by atoms with van der Waals surface area (Å²) < 4.78 is 12.8. The Balaban J connectivity index is 2.35. The van der Waals surface area contributed by atoms with Crippen LogP contribution in [0.4, 0.5) is 15.9 Å². The highest BCUT2D eigenvalue weighted by Gasteiger charge is 2.09. The third-order valence-corrected chi connectivity index (χ3v) is 2.43. The molecule has 0 saturated carbocycles. The molecule has 0 bridgehead atoms. The highest BCUT2D eigenvalue weighted by Crippen LogP contribution is 2.26. The van der Waals surface area contributed by atoms with Gasteiger partial charge in [0.15, 0.2) is 11.0 Å². The summed E-state index contributed by atoms with van der Waals surface area (Å²) in [7, 11) is 1.79. The first kappa shape index (κ1) is 10.8. The van der Waals surface area contributed by atoms with Crippen LogP contribution in [-0.2, 0) is 0 Å². The molecule has 3 nitrogen and oxygen atoms in total. The van der Waals surface area contributed by atoms with Crippen molar-refractivity contribution in [1.29, 1.82) is 0 Å². The van der Waals surface area contributed by atoms with Gasteiger partial charge in [-0.15, -0.1) is 0 Å². The zero-order valence-electron chi connectivity index (χ0n) is 8.56. The Morgan fingerprint density at radius 1 is 1.12 bits per heavy atom. The molecule has 5 heteroatoms. The van der Waals surface area contributed by atoms with Crippen LogP contribution in [0.25, 0.3) is 0 Å². The van der Waals surface area contributed by atoms with E-state index in [1.807, 2.05) is 0 Å². The van der Waals surface area contributed by atoms with Crippen molar-refractivity contribution in [2.75, 3.05) is 11.9 Å². The van der Waals surface area contributed by atoms with Crippen LogP contribution in [0.2, 0.25) is 5.15 Å². The van der Waals surface area contributed by atoms with Crippen molar-refractivity contribution in [3.63, 3.8) is 0 Å². The van der Waals surface area contributed by atoms with Crippen molar-refractivity contribution in [2.45, 2.75) is 0 Å². The van der Waals surface area contributed by atoms with E-state index in [9.17, 15) is 4.39 Å². The molecule has 0 amide bonds. The van der Waals surface area contributed by atoms with Crippen molar-refractivity contribution < 1.29 is 4.39 Å². The Bertz CT molecular complexity index is 487. The molecule has 1 aromatic carbocycles. The average molecular weight is 238 g/mol. The van der Waals surface area contributed by atoms with Gasteiger partial charge in [-0.2, -0.15) is 0 Å². The van der Waals surface area contributed by atoms with Gasteiger partial charge in [-0.05, 0) is 24.3 Å². The number of hydrogen-bond donors (Lipinski definition) is 0. The quantitative estimate of drug-likeness (QED) is 0.804. The van der Waals surface area contributed by atoms with E-state index in [-0.39, 0.29) is 5.82 Å². The smallest absolute Gasteiger partial charge is 0.172 e. The van der Waals surface area contributed by atoms with Gasteiger partial charge in [0.2, 0.25) is 0 Å². The zero-order valence-corrected chi connectivity index (χ0v) is 9.32. The maximum atomic E-state index is 12.8. The van der Waals surface area contributed by atoms with Crippen LogP contribution in [-0.4, -0.2) is 17.0 Å². The molecule has 0 aliphatic rings. The zero-order chi connectivity index (χ0) is 11.5. The third-order valence-electron chi connectivity index (χ3n) is 2.17. The molecule has 0 radical (unpaired) electrons. The van der Waals surface area contributed by atoms with E-state index in [2.05, 4.69) is 9.97 Å². The maximum absolute atomic E-state index is 12.8. The van der Waals surface area contributed by atoms with E-state index in [0.29, 0.717) is 11.0 Å². The average Bonchev–Trinajstić information content (AvgIpc) is 2.30. The lowest BCUT2D eigenvalue weighted by Gasteiger charge is -2.18. The van der Waals surface area contributed by atoms with Crippen LogP contribution in [0, 0.1) is 5.82 Å². The minimum Gasteiger partial charge on any atom is -0.327 e. The van der Waals surface area contributed by atoms with Gasteiger partial charge in [0, 0.05) is 25.1 Å². The Labute approximate surface area is 97.5 Å². The first-order valence-corrected chi connectivity index (χ1v) is 5.02. The summed E-state index contributed by atoms with van der Waals surface area (Å²) in [4.78, 5) is 9.79. The van der Waals surface area contributed by atoms with E-state index in [1.165, 1.54) is 18.3 Å². The van der Waals surface area contributed by atoms with E-state index in [4.69, 9.17) is 11.6 Å². The van der Waals surface area contributed by atoms with Gasteiger partial charge in [0.1, 0.15) is 5.82 Å². The van der Waals surface area contributed by atoms with Crippen LogP contribution in [0.1, 0.15) is 0 Å². The molecule has 0 aliphatic heterocycles. The SMILES string of the molecule is CN(c1ccc(F)cc1)c1nccnc1Cl. The van der Waals surface area contributed by atoms with Gasteiger partial charge in [-0.3, -0.25) is 0 Å². The standard InChI is InChI=1S/C11H9ClFN3/c1-16(9-4-2-8(13)3-5-9)11-10(12)14-6-7-15-11/h2-7H,1H3. The number of halogens is 2. The molecule has 0 N–H and O–H groups in total. The number of anilines is 2. The monoisotopic (exact) mass is 237 g/mol. The third kappa shape index (κ3) is 2.12. The van der Waals surface area contributed by atoms with Gasteiger partial charge in [-0.1, -0.05) is 11.6 Å². The molecule has 82 valence electrons. The highest BCUT2D eigenvalue weighted by molar-refractivity contribution is 6.31. The molecule has 0 saturated heterocycles. The van der Waals surface area contributed by atoms with Gasteiger partial charge in [0.25, 0.3) is 0 Å². The van der Waals surface area contributed by atoms with E-state index in [1.54, 1.807) is 30.3 Å². The number of nitrogens with zero attached hydrogens (tertiary/aromatic N) is 3. The molecule has 1 aromatic heterocycles. The number of benzene rings is 1. The second-order valence-electron chi connectivity index (χ2n) is 3.21. The fourth-order valence-electron chi connectivity index (χ4n) is 1.33. The number of hydrogen-bond acceptors (Lipinski definition) is 3. The molecule has 0 unspecified atom stereocenters. The molecule has 2 aromatic rings. The summed E-state index contributed by atoms with van der Waals surface area (Å²) in [5.41, 5.74) is 0.795. The van der Waals surface area contributed by atoms with Crippen molar-refractivity contribution in [1.82, 2.24) is 9.97 Å². The molecule has 0 spiro atoms. The van der Waals surface area contributed by atoms with E-state index < -0.39 is 0 Å². The predicted octanol–water partition coefficient (Wildman–Crippen LogP) is 3.04. The summed E-state index contributed by atoms with van der Waals surface area (Å²) >= 11 is 5.91. The number of rotatable bonds is 2. The summed E-state index contributed by atoms with van der Waals surface area (Å²) in [5, 5.41) is 0.314. The second kappa shape index (κ2) is 4.45. The first-order valence-electron chi connectivity index (χ1n) is 4.64. The van der Waals surface area contributed by atoms with Crippen LogP contribution < -0.4 is 4.90 Å². The molecule has 0 atom stereocenters. The highest BCUT2D eigenvalue weighted by atomic mass is 35.5. The second-order valence-corrected chi connectivity index (χ2v) is 3.56. The van der Waals surface area contributed by atoms with Gasteiger partial charge >= 0.3 is 0 Å².